The van der Waals surface area contributed by atoms with Gasteiger partial charge in [-0.1, -0.05) is 6.07 Å². The number of carbonyl (C=O) groups is 1. The second-order valence-electron chi connectivity index (χ2n) is 6.25. The van der Waals surface area contributed by atoms with Crippen LogP contribution in [0.1, 0.15) is 30.0 Å². The van der Waals surface area contributed by atoms with Crippen LogP contribution in [0.3, 0.4) is 0 Å². The number of carbonyl (C=O) groups excluding carboxylic acids is 1. The molecule has 1 fully saturated rings. The molecule has 0 aliphatic carbocycles. The molecular weight excluding hydrogens is 316 g/mol. The third-order valence-corrected chi connectivity index (χ3v) is 4.74. The molecule has 3 rings (SSSR count). The van der Waals surface area contributed by atoms with Crippen LogP contribution in [0.15, 0.2) is 42.6 Å². The molecule has 1 amide bonds. The number of nitrogens with zero attached hydrogens (tertiary/aromatic N) is 2. The normalized spacial score (nSPS) is 16.7. The van der Waals surface area contributed by atoms with E-state index < -0.39 is 0 Å². The fourth-order valence-electron chi connectivity index (χ4n) is 3.34. The topological polar surface area (TPSA) is 51.7 Å². The highest BCUT2D eigenvalue weighted by Gasteiger charge is 2.29. The first-order valence-electron chi connectivity index (χ1n) is 8.61. The van der Waals surface area contributed by atoms with Crippen LogP contribution in [0, 0.1) is 0 Å². The molecule has 0 radical (unpaired) electrons. The van der Waals surface area contributed by atoms with E-state index in [1.165, 1.54) is 0 Å². The highest BCUT2D eigenvalue weighted by atomic mass is 16.5. The molecule has 0 N–H and O–H groups in total. The van der Waals surface area contributed by atoms with Crippen LogP contribution in [-0.4, -0.2) is 43.1 Å². The molecule has 0 bridgehead atoms. The van der Waals surface area contributed by atoms with Crippen molar-refractivity contribution in [1.29, 1.82) is 0 Å². The molecule has 2 aromatic rings. The van der Waals surface area contributed by atoms with Gasteiger partial charge in [0.05, 0.1) is 14.2 Å². The fourth-order valence-corrected chi connectivity index (χ4v) is 3.34. The second-order valence-corrected chi connectivity index (χ2v) is 6.25. The minimum absolute atomic E-state index is 0.190. The van der Waals surface area contributed by atoms with Crippen molar-refractivity contribution >= 4 is 5.91 Å². The SMILES string of the molecule is COc1ccc(OC)c([C@H]2CCN(C(=O)CCc3ccccn3)C2)c1. The summed E-state index contributed by atoms with van der Waals surface area (Å²) in [6.45, 7) is 1.51. The summed E-state index contributed by atoms with van der Waals surface area (Å²) >= 11 is 0. The Morgan fingerprint density at radius 2 is 2.12 bits per heavy atom. The molecule has 1 aliphatic heterocycles. The lowest BCUT2D eigenvalue weighted by Gasteiger charge is -2.18. The van der Waals surface area contributed by atoms with E-state index in [1.807, 2.05) is 41.3 Å². The minimum atomic E-state index is 0.190. The predicted octanol–water partition coefficient (Wildman–Crippen LogP) is 3.05. The van der Waals surface area contributed by atoms with Gasteiger partial charge in [0, 0.05) is 42.9 Å². The maximum Gasteiger partial charge on any atom is 0.222 e. The maximum atomic E-state index is 12.5. The fraction of sp³-hybridized carbons (Fsp3) is 0.400. The Morgan fingerprint density at radius 3 is 2.84 bits per heavy atom. The van der Waals surface area contributed by atoms with Crippen molar-refractivity contribution in [3.05, 3.63) is 53.9 Å². The summed E-state index contributed by atoms with van der Waals surface area (Å²) in [5.74, 6) is 2.14. The smallest absolute Gasteiger partial charge is 0.222 e. The molecule has 132 valence electrons. The minimum Gasteiger partial charge on any atom is -0.497 e. The molecule has 5 nitrogen and oxygen atoms in total. The molecule has 25 heavy (non-hydrogen) atoms. The average Bonchev–Trinajstić information content (AvgIpc) is 3.16. The van der Waals surface area contributed by atoms with E-state index in [0.29, 0.717) is 12.8 Å². The monoisotopic (exact) mass is 340 g/mol. The molecule has 0 saturated carbocycles. The quantitative estimate of drug-likeness (QED) is 0.811. The second kappa shape index (κ2) is 8.01. The first-order valence-corrected chi connectivity index (χ1v) is 8.61. The number of aromatic nitrogens is 1. The number of rotatable bonds is 6. The molecule has 5 heteroatoms. The number of methoxy groups -OCH3 is 2. The molecule has 0 spiro atoms. The van der Waals surface area contributed by atoms with Crippen molar-refractivity contribution < 1.29 is 14.3 Å². The average molecular weight is 340 g/mol. The first kappa shape index (κ1) is 17.3. The Balaban J connectivity index is 1.62. The third-order valence-electron chi connectivity index (χ3n) is 4.74. The zero-order chi connectivity index (χ0) is 17.6. The van der Waals surface area contributed by atoms with Gasteiger partial charge in [-0.2, -0.15) is 0 Å². The van der Waals surface area contributed by atoms with Gasteiger partial charge < -0.3 is 14.4 Å². The summed E-state index contributed by atoms with van der Waals surface area (Å²) in [5, 5.41) is 0. The van der Waals surface area contributed by atoms with Crippen LogP contribution in [0.4, 0.5) is 0 Å². The molecular formula is C20H24N2O3. The number of hydrogen-bond donors (Lipinski definition) is 0. The lowest BCUT2D eigenvalue weighted by atomic mass is 9.97. The van der Waals surface area contributed by atoms with Gasteiger partial charge in [-0.25, -0.2) is 0 Å². The van der Waals surface area contributed by atoms with Crippen molar-refractivity contribution in [3.8, 4) is 11.5 Å². The molecule has 1 saturated heterocycles. The number of likely N-dealkylation sites (tertiary alicyclic amines) is 1. The van der Waals surface area contributed by atoms with E-state index in [2.05, 4.69) is 4.98 Å². The molecule has 1 aromatic carbocycles. The molecule has 1 aromatic heterocycles. The van der Waals surface area contributed by atoms with Gasteiger partial charge in [-0.3, -0.25) is 9.78 Å². The van der Waals surface area contributed by atoms with Gasteiger partial charge in [-0.15, -0.1) is 0 Å². The first-order chi connectivity index (χ1) is 12.2. The summed E-state index contributed by atoms with van der Waals surface area (Å²) in [5.41, 5.74) is 2.07. The summed E-state index contributed by atoms with van der Waals surface area (Å²) in [6, 6.07) is 11.6. The van der Waals surface area contributed by atoms with E-state index in [9.17, 15) is 4.79 Å². The maximum absolute atomic E-state index is 12.5. The van der Waals surface area contributed by atoms with Crippen LogP contribution >= 0.6 is 0 Å². The van der Waals surface area contributed by atoms with Crippen LogP contribution in [0.25, 0.3) is 0 Å². The van der Waals surface area contributed by atoms with Crippen LogP contribution < -0.4 is 9.47 Å². The Bertz CT molecular complexity index is 718. The van der Waals surface area contributed by atoms with Gasteiger partial charge in [0.25, 0.3) is 0 Å². The number of amides is 1. The van der Waals surface area contributed by atoms with Gasteiger partial charge >= 0.3 is 0 Å². The van der Waals surface area contributed by atoms with E-state index in [1.54, 1.807) is 20.4 Å². The van der Waals surface area contributed by atoms with Crippen molar-refractivity contribution in [2.45, 2.75) is 25.2 Å². The highest BCUT2D eigenvalue weighted by molar-refractivity contribution is 5.76. The van der Waals surface area contributed by atoms with E-state index >= 15 is 0 Å². The summed E-state index contributed by atoms with van der Waals surface area (Å²) < 4.78 is 10.8. The Morgan fingerprint density at radius 1 is 1.24 bits per heavy atom. The van der Waals surface area contributed by atoms with Crippen LogP contribution in [0.5, 0.6) is 11.5 Å². The molecule has 1 atom stereocenters. The predicted molar refractivity (Wildman–Crippen MR) is 96.0 cm³/mol. The van der Waals surface area contributed by atoms with Gasteiger partial charge in [0.15, 0.2) is 0 Å². The zero-order valence-electron chi connectivity index (χ0n) is 14.8. The number of benzene rings is 1. The number of pyridine rings is 1. The van der Waals surface area contributed by atoms with Gasteiger partial charge in [-0.05, 0) is 43.2 Å². The molecule has 2 heterocycles. The van der Waals surface area contributed by atoms with E-state index in [4.69, 9.17) is 9.47 Å². The number of ether oxygens (including phenoxy) is 2. The van der Waals surface area contributed by atoms with Crippen molar-refractivity contribution in [2.24, 2.45) is 0 Å². The van der Waals surface area contributed by atoms with Crippen LogP contribution in [-0.2, 0) is 11.2 Å². The summed E-state index contributed by atoms with van der Waals surface area (Å²) in [7, 11) is 3.34. The van der Waals surface area contributed by atoms with Crippen molar-refractivity contribution in [2.75, 3.05) is 27.3 Å². The third kappa shape index (κ3) is 4.10. The molecule has 0 unspecified atom stereocenters. The van der Waals surface area contributed by atoms with Crippen LogP contribution in [0.2, 0.25) is 0 Å². The highest BCUT2D eigenvalue weighted by Crippen LogP contribution is 2.36. The standard InChI is InChI=1S/C20H24N2O3/c1-24-17-7-8-19(25-2)18(13-17)15-10-12-22(14-15)20(23)9-6-16-5-3-4-11-21-16/h3-5,7-8,11,13,15H,6,9-10,12,14H2,1-2H3/t15-/m0/s1. The summed E-state index contributed by atoms with van der Waals surface area (Å²) in [6.07, 6.45) is 3.89. The summed E-state index contributed by atoms with van der Waals surface area (Å²) in [4.78, 5) is 18.7. The molecule has 1 aliphatic rings. The Kier molecular flexibility index (Phi) is 5.53. The lowest BCUT2D eigenvalue weighted by Crippen LogP contribution is -2.28. The van der Waals surface area contributed by atoms with Crippen molar-refractivity contribution in [1.82, 2.24) is 9.88 Å². The Labute approximate surface area is 148 Å². The number of hydrogen-bond acceptors (Lipinski definition) is 4. The van der Waals surface area contributed by atoms with E-state index in [0.717, 1.165) is 42.3 Å². The zero-order valence-corrected chi connectivity index (χ0v) is 14.8. The Hall–Kier alpha value is -2.56. The number of aryl methyl sites for hydroxylation is 1. The lowest BCUT2D eigenvalue weighted by molar-refractivity contribution is -0.130. The van der Waals surface area contributed by atoms with E-state index in [-0.39, 0.29) is 11.8 Å². The van der Waals surface area contributed by atoms with Gasteiger partial charge in [0.2, 0.25) is 5.91 Å². The van der Waals surface area contributed by atoms with Crippen molar-refractivity contribution in [3.63, 3.8) is 0 Å². The van der Waals surface area contributed by atoms with Gasteiger partial charge in [0.1, 0.15) is 11.5 Å². The largest absolute Gasteiger partial charge is 0.497 e.